The third-order valence-corrected chi connectivity index (χ3v) is 5.54. The first-order chi connectivity index (χ1) is 17.4. The lowest BCUT2D eigenvalue weighted by Gasteiger charge is -2.32. The number of rotatable bonds is 6. The summed E-state index contributed by atoms with van der Waals surface area (Å²) in [7, 11) is 1.56. The average molecular weight is 491 g/mol. The molecular weight excluding hydrogens is 464 g/mol. The zero-order valence-corrected chi connectivity index (χ0v) is 19.6. The number of ether oxygens (including phenoxy) is 1. The third-order valence-electron chi connectivity index (χ3n) is 5.54. The van der Waals surface area contributed by atoms with Crippen LogP contribution in [0.2, 0.25) is 0 Å². The predicted molar refractivity (Wildman–Crippen MR) is 134 cm³/mol. The fourth-order valence-corrected chi connectivity index (χ4v) is 3.64. The lowest BCUT2D eigenvalue weighted by Crippen LogP contribution is -2.41. The van der Waals surface area contributed by atoms with Gasteiger partial charge in [-0.2, -0.15) is 4.98 Å². The highest BCUT2D eigenvalue weighted by Gasteiger charge is 2.24. The second-order valence-electron chi connectivity index (χ2n) is 7.89. The van der Waals surface area contributed by atoms with Crippen LogP contribution < -0.4 is 21.7 Å². The van der Waals surface area contributed by atoms with Crippen LogP contribution in [0, 0.1) is 0 Å². The summed E-state index contributed by atoms with van der Waals surface area (Å²) in [5.41, 5.74) is 8.40. The van der Waals surface area contributed by atoms with Gasteiger partial charge in [-0.05, 0) is 48.0 Å². The fraction of sp³-hybridized carbons (Fsp3) is 0.208. The van der Waals surface area contributed by atoms with Gasteiger partial charge in [-0.1, -0.05) is 18.7 Å². The molecule has 2 heterocycles. The molecule has 0 spiro atoms. The van der Waals surface area contributed by atoms with Crippen LogP contribution in [0.25, 0.3) is 0 Å². The van der Waals surface area contributed by atoms with Crippen molar-refractivity contribution in [3.8, 4) is 0 Å². The Morgan fingerprint density at radius 3 is 2.47 bits per heavy atom. The van der Waals surface area contributed by atoms with Crippen molar-refractivity contribution in [2.75, 3.05) is 43.1 Å². The van der Waals surface area contributed by atoms with Crippen LogP contribution in [-0.2, 0) is 9.53 Å². The number of nitrogens with one attached hydrogen (secondary N) is 3. The van der Waals surface area contributed by atoms with E-state index in [1.807, 2.05) is 12.1 Å². The molecule has 12 nitrogen and oxygen atoms in total. The minimum Gasteiger partial charge on any atom is -0.370 e. The summed E-state index contributed by atoms with van der Waals surface area (Å²) in [6.45, 7) is 4.91. The van der Waals surface area contributed by atoms with E-state index in [-0.39, 0.29) is 29.8 Å². The van der Waals surface area contributed by atoms with E-state index in [1.54, 1.807) is 48.3 Å². The first-order valence-corrected chi connectivity index (χ1v) is 11.1. The van der Waals surface area contributed by atoms with E-state index < -0.39 is 6.03 Å². The maximum Gasteiger partial charge on any atom is 0.349 e. The van der Waals surface area contributed by atoms with E-state index in [9.17, 15) is 14.4 Å². The Bertz CT molecular complexity index is 1270. The number of anilines is 4. The molecule has 1 atom stereocenters. The number of nitrogen functional groups attached to an aromatic ring is 1. The highest BCUT2D eigenvalue weighted by Crippen LogP contribution is 2.24. The van der Waals surface area contributed by atoms with Gasteiger partial charge in [-0.25, -0.2) is 4.79 Å². The van der Waals surface area contributed by atoms with Crippen molar-refractivity contribution in [3.63, 3.8) is 0 Å². The van der Waals surface area contributed by atoms with Crippen molar-refractivity contribution < 1.29 is 19.1 Å². The maximum atomic E-state index is 12.7. The number of amides is 3. The molecule has 1 unspecified atom stereocenters. The van der Waals surface area contributed by atoms with Crippen LogP contribution in [0.4, 0.5) is 28.1 Å². The SMILES string of the molecule is C=CC(=O)N1CCOC(c2ccc(NC(=O)n3nc(Nc4ccc(C(=O)NC)cc4)nc3N)cc2)C1. The monoisotopic (exact) mass is 490 g/mol. The van der Waals surface area contributed by atoms with Crippen molar-refractivity contribution in [2.45, 2.75) is 6.10 Å². The molecule has 186 valence electrons. The van der Waals surface area contributed by atoms with Gasteiger partial charge >= 0.3 is 6.03 Å². The quantitative estimate of drug-likeness (QED) is 0.383. The summed E-state index contributed by atoms with van der Waals surface area (Å²) < 4.78 is 6.73. The molecule has 1 aliphatic heterocycles. The van der Waals surface area contributed by atoms with Gasteiger partial charge in [-0.3, -0.25) is 9.59 Å². The molecule has 3 amide bonds. The molecule has 1 aliphatic rings. The van der Waals surface area contributed by atoms with Crippen LogP contribution in [0.1, 0.15) is 22.0 Å². The zero-order chi connectivity index (χ0) is 25.7. The Morgan fingerprint density at radius 1 is 1.11 bits per heavy atom. The van der Waals surface area contributed by atoms with Crippen LogP contribution in [0.3, 0.4) is 0 Å². The van der Waals surface area contributed by atoms with E-state index >= 15 is 0 Å². The van der Waals surface area contributed by atoms with Crippen molar-refractivity contribution in [1.82, 2.24) is 25.0 Å². The van der Waals surface area contributed by atoms with Crippen molar-refractivity contribution in [3.05, 3.63) is 72.3 Å². The van der Waals surface area contributed by atoms with Crippen molar-refractivity contribution in [2.24, 2.45) is 0 Å². The zero-order valence-electron chi connectivity index (χ0n) is 19.6. The molecule has 4 rings (SSSR count). The summed E-state index contributed by atoms with van der Waals surface area (Å²) >= 11 is 0. The molecule has 36 heavy (non-hydrogen) atoms. The number of nitrogens with two attached hydrogens (primary N) is 1. The lowest BCUT2D eigenvalue weighted by atomic mass is 10.1. The Morgan fingerprint density at radius 2 is 1.81 bits per heavy atom. The number of hydrogen-bond donors (Lipinski definition) is 4. The summed E-state index contributed by atoms with van der Waals surface area (Å²) in [6.07, 6.45) is 1.03. The molecule has 1 saturated heterocycles. The summed E-state index contributed by atoms with van der Waals surface area (Å²) in [5.74, 6) is -0.309. The fourth-order valence-electron chi connectivity index (χ4n) is 3.64. The molecule has 3 aromatic rings. The van der Waals surface area contributed by atoms with Crippen molar-refractivity contribution >= 4 is 41.1 Å². The van der Waals surface area contributed by atoms with Gasteiger partial charge in [0.05, 0.1) is 13.2 Å². The number of morpholine rings is 1. The normalized spacial score (nSPS) is 15.1. The van der Waals surface area contributed by atoms with Gasteiger partial charge in [0.25, 0.3) is 5.91 Å². The van der Waals surface area contributed by atoms with Gasteiger partial charge in [0, 0.05) is 30.5 Å². The van der Waals surface area contributed by atoms with Crippen molar-refractivity contribution in [1.29, 1.82) is 0 Å². The molecule has 1 fully saturated rings. The summed E-state index contributed by atoms with van der Waals surface area (Å²) in [6, 6.07) is 13.2. The summed E-state index contributed by atoms with van der Waals surface area (Å²) in [5, 5.41) is 12.3. The van der Waals surface area contributed by atoms with Crippen LogP contribution in [0.5, 0.6) is 0 Å². The van der Waals surface area contributed by atoms with E-state index in [0.29, 0.717) is 36.6 Å². The van der Waals surface area contributed by atoms with Gasteiger partial charge in [0.2, 0.25) is 17.8 Å². The van der Waals surface area contributed by atoms with Gasteiger partial charge in [0.15, 0.2) is 0 Å². The highest BCUT2D eigenvalue weighted by atomic mass is 16.5. The minimum absolute atomic E-state index is 0.101. The highest BCUT2D eigenvalue weighted by molar-refractivity contribution is 5.94. The first kappa shape index (κ1) is 24.4. The molecule has 2 aromatic carbocycles. The molecular formula is C24H26N8O4. The standard InChI is InChI=1S/C24H26N8O4/c1-3-20(33)31-12-13-36-19(14-31)15-4-8-18(9-5-15)28-24(35)32-22(25)29-23(30-32)27-17-10-6-16(7-11-17)21(34)26-2/h3-11,19H,1,12-14H2,2H3,(H,26,34)(H,28,35)(H3,25,27,29,30). The molecule has 1 aromatic heterocycles. The van der Waals surface area contributed by atoms with Crippen LogP contribution in [-0.4, -0.2) is 64.3 Å². The van der Waals surface area contributed by atoms with Crippen LogP contribution in [0.15, 0.2) is 61.2 Å². The smallest absolute Gasteiger partial charge is 0.349 e. The van der Waals surface area contributed by atoms with E-state index in [1.165, 1.54) is 6.08 Å². The predicted octanol–water partition coefficient (Wildman–Crippen LogP) is 2.13. The number of benzene rings is 2. The first-order valence-electron chi connectivity index (χ1n) is 11.1. The summed E-state index contributed by atoms with van der Waals surface area (Å²) in [4.78, 5) is 42.0. The van der Waals surface area contributed by atoms with Gasteiger partial charge in [-0.15, -0.1) is 9.78 Å². The van der Waals surface area contributed by atoms with Gasteiger partial charge in [0.1, 0.15) is 6.10 Å². The Labute approximate surface area is 207 Å². The Hall–Kier alpha value is -4.71. The van der Waals surface area contributed by atoms with Crippen LogP contribution >= 0.6 is 0 Å². The second-order valence-corrected chi connectivity index (χ2v) is 7.89. The number of carbonyl (C=O) groups excluding carboxylic acids is 3. The number of carbonyl (C=O) groups is 3. The van der Waals surface area contributed by atoms with E-state index in [2.05, 4.69) is 32.6 Å². The molecule has 12 heteroatoms. The number of nitrogens with zero attached hydrogens (tertiary/aromatic N) is 4. The Balaban J connectivity index is 1.38. The molecule has 0 aliphatic carbocycles. The van der Waals surface area contributed by atoms with Gasteiger partial charge < -0.3 is 31.3 Å². The minimum atomic E-state index is -0.590. The van der Waals surface area contributed by atoms with E-state index in [0.717, 1.165) is 10.2 Å². The molecule has 0 bridgehead atoms. The molecule has 0 radical (unpaired) electrons. The third kappa shape index (κ3) is 5.50. The molecule has 5 N–H and O–H groups in total. The maximum absolute atomic E-state index is 12.7. The average Bonchev–Trinajstić information content (AvgIpc) is 3.28. The van der Waals surface area contributed by atoms with E-state index in [4.69, 9.17) is 10.5 Å². The largest absolute Gasteiger partial charge is 0.370 e. The second kappa shape index (κ2) is 10.7. The Kier molecular flexibility index (Phi) is 7.25. The number of aromatic nitrogens is 3. The lowest BCUT2D eigenvalue weighted by molar-refractivity contribution is -0.133. The number of hydrogen-bond acceptors (Lipinski definition) is 8. The topological polar surface area (TPSA) is 157 Å². The molecule has 0 saturated carbocycles.